The van der Waals surface area contributed by atoms with E-state index in [4.69, 9.17) is 4.74 Å². The van der Waals surface area contributed by atoms with Crippen molar-refractivity contribution in [1.29, 1.82) is 0 Å². The number of alkyl halides is 4. The first-order valence-electron chi connectivity index (χ1n) is 12.5. The van der Waals surface area contributed by atoms with Crippen molar-refractivity contribution in [3.05, 3.63) is 46.8 Å². The zero-order valence-electron chi connectivity index (χ0n) is 22.3. The predicted molar refractivity (Wildman–Crippen MR) is 153 cm³/mol. The third-order valence-corrected chi connectivity index (χ3v) is 9.35. The average molecular weight is 582 g/mol. The Balaban J connectivity index is 1.59. The standard InChI is InChI=1S/C28H32F4N3O2PS/c1-35-14-12-22(21(29)17-35)34-23-8-5-7-19-20(16-28(30,31)32)26(39-27(19)23)9-6-13-33-18-10-11-25(38(3,4)36)24(15-18)37-2/h5,7-8,10-11,15,21-22,33-34H,12-14,16-17H2,1-4H3. The molecule has 2 heterocycles. The molecule has 0 spiro atoms. The Morgan fingerprint density at radius 1 is 1.23 bits per heavy atom. The van der Waals surface area contributed by atoms with E-state index in [1.807, 2.05) is 11.9 Å². The number of hydrogen-bond donors (Lipinski definition) is 2. The molecule has 1 saturated heterocycles. The zero-order valence-corrected chi connectivity index (χ0v) is 24.0. The summed E-state index contributed by atoms with van der Waals surface area (Å²) >= 11 is 1.19. The van der Waals surface area contributed by atoms with Gasteiger partial charge >= 0.3 is 6.18 Å². The number of halogens is 4. The molecule has 2 unspecified atom stereocenters. The molecule has 3 aromatic rings. The summed E-state index contributed by atoms with van der Waals surface area (Å²) in [7, 11) is 0.849. The Morgan fingerprint density at radius 2 is 2.00 bits per heavy atom. The van der Waals surface area contributed by atoms with Crippen molar-refractivity contribution < 1.29 is 26.9 Å². The monoisotopic (exact) mass is 581 g/mol. The summed E-state index contributed by atoms with van der Waals surface area (Å²) in [5.41, 5.74) is 1.45. The Labute approximate surface area is 230 Å². The van der Waals surface area contributed by atoms with Gasteiger partial charge in [-0.2, -0.15) is 13.2 Å². The molecule has 1 aliphatic heterocycles. The maximum Gasteiger partial charge on any atom is 0.393 e. The van der Waals surface area contributed by atoms with E-state index >= 15 is 0 Å². The molecular weight excluding hydrogens is 549 g/mol. The van der Waals surface area contributed by atoms with Crippen LogP contribution in [0.5, 0.6) is 5.75 Å². The molecule has 2 N–H and O–H groups in total. The number of likely N-dealkylation sites (tertiary alicyclic amines) is 1. The quantitative estimate of drug-likeness (QED) is 0.198. The average Bonchev–Trinajstić information content (AvgIpc) is 3.19. The summed E-state index contributed by atoms with van der Waals surface area (Å²) in [5, 5.41) is 7.48. The molecule has 1 fully saturated rings. The van der Waals surface area contributed by atoms with Crippen LogP contribution in [0.25, 0.3) is 10.1 Å². The van der Waals surface area contributed by atoms with Crippen LogP contribution in [0.4, 0.5) is 28.9 Å². The van der Waals surface area contributed by atoms with Gasteiger partial charge < -0.3 is 24.8 Å². The Kier molecular flexibility index (Phi) is 8.85. The number of hydrogen-bond acceptors (Lipinski definition) is 6. The van der Waals surface area contributed by atoms with Gasteiger partial charge in [0.2, 0.25) is 0 Å². The van der Waals surface area contributed by atoms with Crippen molar-refractivity contribution >= 4 is 45.2 Å². The lowest BCUT2D eigenvalue weighted by atomic mass is 10.0. The van der Waals surface area contributed by atoms with E-state index in [0.29, 0.717) is 50.4 Å². The summed E-state index contributed by atoms with van der Waals surface area (Å²) < 4.78 is 73.7. The number of nitrogens with zero attached hydrogens (tertiary/aromatic N) is 1. The Hall–Kier alpha value is -2.73. The minimum atomic E-state index is -4.40. The van der Waals surface area contributed by atoms with E-state index in [2.05, 4.69) is 22.5 Å². The highest BCUT2D eigenvalue weighted by atomic mass is 32.1. The van der Waals surface area contributed by atoms with Gasteiger partial charge in [0.1, 0.15) is 19.1 Å². The van der Waals surface area contributed by atoms with Gasteiger partial charge in [-0.05, 0) is 55.9 Å². The number of rotatable bonds is 7. The van der Waals surface area contributed by atoms with Gasteiger partial charge in [0.15, 0.2) is 0 Å². The minimum Gasteiger partial charge on any atom is -0.496 e. The predicted octanol–water partition coefficient (Wildman–Crippen LogP) is 6.18. The second-order valence-electron chi connectivity index (χ2n) is 10.1. The number of nitrogens with one attached hydrogen (secondary N) is 2. The van der Waals surface area contributed by atoms with Crippen molar-refractivity contribution in [2.24, 2.45) is 0 Å². The number of thiophene rings is 1. The minimum absolute atomic E-state index is 0.131. The summed E-state index contributed by atoms with van der Waals surface area (Å²) in [6, 6.07) is 9.97. The molecular formula is C28H32F4N3O2PS. The fourth-order valence-corrected chi connectivity index (χ4v) is 6.97. The van der Waals surface area contributed by atoms with E-state index in [1.54, 1.807) is 49.7 Å². The Bertz CT molecular complexity index is 1440. The van der Waals surface area contributed by atoms with Crippen LogP contribution in [0, 0.1) is 11.8 Å². The van der Waals surface area contributed by atoms with Crippen molar-refractivity contribution in [1.82, 2.24) is 4.90 Å². The third-order valence-electron chi connectivity index (χ3n) is 6.62. The lowest BCUT2D eigenvalue weighted by Gasteiger charge is -2.33. The second-order valence-corrected chi connectivity index (χ2v) is 14.3. The van der Waals surface area contributed by atoms with E-state index in [1.165, 1.54) is 18.4 Å². The normalized spacial score (nSPS) is 18.5. The highest BCUT2D eigenvalue weighted by Crippen LogP contribution is 2.40. The van der Waals surface area contributed by atoms with E-state index in [-0.39, 0.29) is 12.1 Å². The maximum atomic E-state index is 14.7. The number of piperidine rings is 1. The SMILES string of the molecule is COc1cc(NCC#Cc2sc3c(NC4CCN(C)CC4F)cccc3c2CC(F)(F)F)ccc1P(C)(C)=O. The van der Waals surface area contributed by atoms with Crippen molar-refractivity contribution in [3.63, 3.8) is 0 Å². The molecule has 5 nitrogen and oxygen atoms in total. The van der Waals surface area contributed by atoms with Gasteiger partial charge in [0, 0.05) is 24.8 Å². The highest BCUT2D eigenvalue weighted by molar-refractivity contribution is 7.70. The first-order valence-corrected chi connectivity index (χ1v) is 15.9. The zero-order chi connectivity index (χ0) is 28.4. The van der Waals surface area contributed by atoms with Gasteiger partial charge in [-0.25, -0.2) is 4.39 Å². The van der Waals surface area contributed by atoms with E-state index < -0.39 is 32.0 Å². The molecule has 0 aliphatic carbocycles. The van der Waals surface area contributed by atoms with Crippen molar-refractivity contribution in [2.75, 3.05) is 57.8 Å². The van der Waals surface area contributed by atoms with Gasteiger partial charge in [-0.15, -0.1) is 11.3 Å². The molecule has 210 valence electrons. The van der Waals surface area contributed by atoms with Crippen LogP contribution < -0.4 is 20.7 Å². The fraction of sp³-hybridized carbons (Fsp3) is 0.429. The smallest absolute Gasteiger partial charge is 0.393 e. The summed E-state index contributed by atoms with van der Waals surface area (Å²) in [4.78, 5) is 2.26. The van der Waals surface area contributed by atoms with Crippen LogP contribution in [-0.4, -0.2) is 70.4 Å². The largest absolute Gasteiger partial charge is 0.496 e. The van der Waals surface area contributed by atoms with Crippen LogP contribution in [0.2, 0.25) is 0 Å². The Morgan fingerprint density at radius 3 is 2.67 bits per heavy atom. The van der Waals surface area contributed by atoms with Gasteiger partial charge in [-0.3, -0.25) is 0 Å². The molecule has 39 heavy (non-hydrogen) atoms. The fourth-order valence-electron chi connectivity index (χ4n) is 4.68. The van der Waals surface area contributed by atoms with Crippen molar-refractivity contribution in [3.8, 4) is 17.6 Å². The molecule has 11 heteroatoms. The topological polar surface area (TPSA) is 53.6 Å². The number of anilines is 2. The lowest BCUT2D eigenvalue weighted by molar-refractivity contribution is -0.126. The molecule has 0 bridgehead atoms. The highest BCUT2D eigenvalue weighted by Gasteiger charge is 2.32. The summed E-state index contributed by atoms with van der Waals surface area (Å²) in [6.07, 6.45) is -5.97. The molecule has 1 aromatic heterocycles. The molecule has 0 radical (unpaired) electrons. The molecule has 0 amide bonds. The maximum absolute atomic E-state index is 14.7. The van der Waals surface area contributed by atoms with E-state index in [9.17, 15) is 22.1 Å². The summed E-state index contributed by atoms with van der Waals surface area (Å²) in [5.74, 6) is 6.36. The van der Waals surface area contributed by atoms with Crippen LogP contribution >= 0.6 is 18.5 Å². The molecule has 2 aromatic carbocycles. The molecule has 4 rings (SSSR count). The number of fused-ring (bicyclic) bond motifs is 1. The number of ether oxygens (including phenoxy) is 1. The molecule has 2 atom stereocenters. The van der Waals surface area contributed by atoms with E-state index in [0.717, 1.165) is 6.54 Å². The second kappa shape index (κ2) is 11.8. The van der Waals surface area contributed by atoms with Gasteiger partial charge in [0.25, 0.3) is 0 Å². The molecule has 0 saturated carbocycles. The number of benzene rings is 2. The number of methoxy groups -OCH3 is 1. The van der Waals surface area contributed by atoms with Crippen LogP contribution in [0.15, 0.2) is 36.4 Å². The first-order chi connectivity index (χ1) is 18.4. The third kappa shape index (κ3) is 7.27. The van der Waals surface area contributed by atoms with Crippen molar-refractivity contribution in [2.45, 2.75) is 31.2 Å². The van der Waals surface area contributed by atoms with Crippen LogP contribution in [0.1, 0.15) is 16.9 Å². The van der Waals surface area contributed by atoms with Gasteiger partial charge in [-0.1, -0.05) is 24.0 Å². The molecule has 1 aliphatic rings. The first kappa shape index (κ1) is 29.3. The van der Waals surface area contributed by atoms with Gasteiger partial charge in [0.05, 0.1) is 46.7 Å². The van der Waals surface area contributed by atoms with Crippen LogP contribution in [0.3, 0.4) is 0 Å². The lowest BCUT2D eigenvalue weighted by Crippen LogP contribution is -2.46. The summed E-state index contributed by atoms with van der Waals surface area (Å²) in [6.45, 7) is 4.57. The van der Waals surface area contributed by atoms with Crippen LogP contribution in [-0.2, 0) is 11.0 Å².